The zero-order chi connectivity index (χ0) is 18.8. The van der Waals surface area contributed by atoms with Gasteiger partial charge in [0.05, 0.1) is 5.56 Å². The molecular formula is C19H20F3N3O. The highest BCUT2D eigenvalue weighted by Crippen LogP contribution is 2.22. The summed E-state index contributed by atoms with van der Waals surface area (Å²) in [7, 11) is 3.94. The molecule has 1 fully saturated rings. The normalized spacial score (nSPS) is 14.5. The molecule has 26 heavy (non-hydrogen) atoms. The largest absolute Gasteiger partial charge is 0.378 e. The van der Waals surface area contributed by atoms with Crippen LogP contribution in [0.25, 0.3) is 0 Å². The molecule has 0 radical (unpaired) electrons. The van der Waals surface area contributed by atoms with Crippen molar-refractivity contribution in [1.82, 2.24) is 4.90 Å². The second-order valence-corrected chi connectivity index (χ2v) is 6.41. The Kier molecular flexibility index (Phi) is 5.06. The molecule has 0 aromatic heterocycles. The smallest absolute Gasteiger partial charge is 0.257 e. The summed E-state index contributed by atoms with van der Waals surface area (Å²) >= 11 is 0. The molecule has 2 aromatic rings. The van der Waals surface area contributed by atoms with Gasteiger partial charge in [0.2, 0.25) is 0 Å². The van der Waals surface area contributed by atoms with Crippen LogP contribution < -0.4 is 9.80 Å². The van der Waals surface area contributed by atoms with Gasteiger partial charge in [-0.2, -0.15) is 0 Å². The van der Waals surface area contributed by atoms with Gasteiger partial charge in [-0.3, -0.25) is 4.79 Å². The lowest BCUT2D eigenvalue weighted by Gasteiger charge is -2.36. The first-order valence-electron chi connectivity index (χ1n) is 8.33. The molecule has 1 amide bonds. The van der Waals surface area contributed by atoms with Gasteiger partial charge in [0.15, 0.2) is 17.5 Å². The Morgan fingerprint density at radius 2 is 1.50 bits per heavy atom. The number of benzene rings is 2. The third kappa shape index (κ3) is 3.47. The van der Waals surface area contributed by atoms with Gasteiger partial charge in [-0.05, 0) is 36.4 Å². The number of nitrogens with zero attached hydrogens (tertiary/aromatic N) is 3. The fraction of sp³-hybridized carbons (Fsp3) is 0.316. The minimum atomic E-state index is -1.62. The summed E-state index contributed by atoms with van der Waals surface area (Å²) in [5.41, 5.74) is 1.70. The van der Waals surface area contributed by atoms with Crippen LogP contribution in [0.3, 0.4) is 0 Å². The van der Waals surface area contributed by atoms with Crippen molar-refractivity contribution >= 4 is 17.3 Å². The third-order valence-electron chi connectivity index (χ3n) is 4.56. The lowest BCUT2D eigenvalue weighted by molar-refractivity contribution is 0.0740. The Bertz CT molecular complexity index is 800. The van der Waals surface area contributed by atoms with Crippen LogP contribution in [0, 0.1) is 17.5 Å². The van der Waals surface area contributed by atoms with Crippen molar-refractivity contribution in [1.29, 1.82) is 0 Å². The predicted molar refractivity (Wildman–Crippen MR) is 95.2 cm³/mol. The Balaban J connectivity index is 1.66. The van der Waals surface area contributed by atoms with Gasteiger partial charge in [-0.25, -0.2) is 13.2 Å². The van der Waals surface area contributed by atoms with E-state index in [0.29, 0.717) is 26.2 Å². The summed E-state index contributed by atoms with van der Waals surface area (Å²) in [6, 6.07) is 9.83. The summed E-state index contributed by atoms with van der Waals surface area (Å²) < 4.78 is 40.2. The average Bonchev–Trinajstić information content (AvgIpc) is 2.66. The van der Waals surface area contributed by atoms with Crippen LogP contribution in [-0.4, -0.2) is 51.1 Å². The molecule has 1 aliphatic heterocycles. The van der Waals surface area contributed by atoms with Crippen molar-refractivity contribution in [2.24, 2.45) is 0 Å². The lowest BCUT2D eigenvalue weighted by Crippen LogP contribution is -2.49. The summed E-state index contributed by atoms with van der Waals surface area (Å²) in [5, 5.41) is 0. The van der Waals surface area contributed by atoms with E-state index in [2.05, 4.69) is 4.90 Å². The summed E-state index contributed by atoms with van der Waals surface area (Å²) in [6.45, 7) is 1.93. The summed E-state index contributed by atoms with van der Waals surface area (Å²) in [6.07, 6.45) is 0. The summed E-state index contributed by atoms with van der Waals surface area (Å²) in [4.78, 5) is 18.0. The van der Waals surface area contributed by atoms with Gasteiger partial charge in [0, 0.05) is 51.6 Å². The number of hydrogen-bond acceptors (Lipinski definition) is 3. The molecule has 7 heteroatoms. The first kappa shape index (κ1) is 18.1. The predicted octanol–water partition coefficient (Wildman–Crippen LogP) is 3.13. The van der Waals surface area contributed by atoms with Crippen LogP contribution in [0.15, 0.2) is 36.4 Å². The Hall–Kier alpha value is -2.70. The van der Waals surface area contributed by atoms with Gasteiger partial charge < -0.3 is 14.7 Å². The number of piperazine rings is 1. The van der Waals surface area contributed by atoms with E-state index in [1.165, 1.54) is 4.90 Å². The van der Waals surface area contributed by atoms with E-state index >= 15 is 0 Å². The van der Waals surface area contributed by atoms with Crippen LogP contribution in [-0.2, 0) is 0 Å². The standard InChI is InChI=1S/C19H20F3N3O/c1-23(2)13-3-5-14(6-4-13)24-9-11-25(12-10-24)19(26)15-7-8-16(20)18(22)17(15)21/h3-8H,9-12H2,1-2H3. The number of carbonyl (C=O) groups is 1. The molecule has 1 aliphatic rings. The third-order valence-corrected chi connectivity index (χ3v) is 4.56. The van der Waals surface area contributed by atoms with Crippen molar-refractivity contribution in [3.05, 3.63) is 59.4 Å². The molecule has 4 nitrogen and oxygen atoms in total. The second-order valence-electron chi connectivity index (χ2n) is 6.41. The number of halogens is 3. The van der Waals surface area contributed by atoms with Crippen LogP contribution in [0.4, 0.5) is 24.5 Å². The molecule has 0 bridgehead atoms. The van der Waals surface area contributed by atoms with Crippen LogP contribution in [0.5, 0.6) is 0 Å². The molecule has 0 N–H and O–H groups in total. The Labute approximate surface area is 150 Å². The molecule has 1 saturated heterocycles. The fourth-order valence-electron chi connectivity index (χ4n) is 2.99. The topological polar surface area (TPSA) is 26.8 Å². The summed E-state index contributed by atoms with van der Waals surface area (Å²) in [5.74, 6) is -4.97. The average molecular weight is 363 g/mol. The number of carbonyl (C=O) groups excluding carboxylic acids is 1. The fourth-order valence-corrected chi connectivity index (χ4v) is 2.99. The molecule has 0 aliphatic carbocycles. The molecule has 1 heterocycles. The molecule has 138 valence electrons. The van der Waals surface area contributed by atoms with Crippen molar-refractivity contribution in [3.63, 3.8) is 0 Å². The van der Waals surface area contributed by atoms with E-state index in [0.717, 1.165) is 23.5 Å². The molecule has 3 rings (SSSR count). The number of amides is 1. The van der Waals surface area contributed by atoms with Crippen LogP contribution in [0.1, 0.15) is 10.4 Å². The maximum atomic E-state index is 13.8. The number of hydrogen-bond donors (Lipinski definition) is 0. The first-order chi connectivity index (χ1) is 12.4. The monoisotopic (exact) mass is 363 g/mol. The van der Waals surface area contributed by atoms with Crippen molar-refractivity contribution in [3.8, 4) is 0 Å². The minimum absolute atomic E-state index is 0.382. The highest BCUT2D eigenvalue weighted by molar-refractivity contribution is 5.94. The van der Waals surface area contributed by atoms with Gasteiger partial charge in [-0.1, -0.05) is 0 Å². The molecule has 2 aromatic carbocycles. The van der Waals surface area contributed by atoms with E-state index in [9.17, 15) is 18.0 Å². The number of rotatable bonds is 3. The molecule has 0 unspecified atom stereocenters. The van der Waals surface area contributed by atoms with E-state index in [1.54, 1.807) is 0 Å². The van der Waals surface area contributed by atoms with Gasteiger partial charge in [-0.15, -0.1) is 0 Å². The second kappa shape index (κ2) is 7.27. The van der Waals surface area contributed by atoms with Crippen LogP contribution >= 0.6 is 0 Å². The van der Waals surface area contributed by atoms with Crippen molar-refractivity contribution in [2.75, 3.05) is 50.1 Å². The van der Waals surface area contributed by atoms with Gasteiger partial charge >= 0.3 is 0 Å². The number of anilines is 2. The van der Waals surface area contributed by atoms with Gasteiger partial charge in [0.25, 0.3) is 5.91 Å². The zero-order valence-corrected chi connectivity index (χ0v) is 14.7. The highest BCUT2D eigenvalue weighted by atomic mass is 19.2. The quantitative estimate of drug-likeness (QED) is 0.784. The zero-order valence-electron chi connectivity index (χ0n) is 14.7. The molecule has 0 spiro atoms. The van der Waals surface area contributed by atoms with Crippen molar-refractivity contribution < 1.29 is 18.0 Å². The first-order valence-corrected chi connectivity index (χ1v) is 8.33. The SMILES string of the molecule is CN(C)c1ccc(N2CCN(C(=O)c3ccc(F)c(F)c3F)CC2)cc1. The molecule has 0 atom stereocenters. The Morgan fingerprint density at radius 1 is 0.885 bits per heavy atom. The van der Waals surface area contributed by atoms with Crippen LogP contribution in [0.2, 0.25) is 0 Å². The molecular weight excluding hydrogens is 343 g/mol. The van der Waals surface area contributed by atoms with Gasteiger partial charge in [0.1, 0.15) is 0 Å². The lowest BCUT2D eigenvalue weighted by atomic mass is 10.1. The Morgan fingerprint density at radius 3 is 2.08 bits per heavy atom. The minimum Gasteiger partial charge on any atom is -0.378 e. The van der Waals surface area contributed by atoms with E-state index in [-0.39, 0.29) is 0 Å². The van der Waals surface area contributed by atoms with E-state index in [1.807, 2.05) is 43.3 Å². The highest BCUT2D eigenvalue weighted by Gasteiger charge is 2.26. The maximum Gasteiger partial charge on any atom is 0.257 e. The maximum absolute atomic E-state index is 13.8. The molecule has 0 saturated carbocycles. The van der Waals surface area contributed by atoms with Crippen molar-refractivity contribution in [2.45, 2.75) is 0 Å². The van der Waals surface area contributed by atoms with E-state index in [4.69, 9.17) is 0 Å². The van der Waals surface area contributed by atoms with E-state index < -0.39 is 28.9 Å².